The minimum Gasteiger partial charge on any atom is -0.487 e. The van der Waals surface area contributed by atoms with Crippen molar-refractivity contribution < 1.29 is 28.5 Å². The van der Waals surface area contributed by atoms with Crippen molar-refractivity contribution in [1.29, 1.82) is 0 Å². The summed E-state index contributed by atoms with van der Waals surface area (Å²) in [5, 5.41) is 6.44. The zero-order valence-electron chi connectivity index (χ0n) is 20.2. The largest absolute Gasteiger partial charge is 0.487 e. The predicted octanol–water partition coefficient (Wildman–Crippen LogP) is 2.83. The van der Waals surface area contributed by atoms with Crippen LogP contribution in [0.3, 0.4) is 0 Å². The van der Waals surface area contributed by atoms with Crippen LogP contribution in [0.15, 0.2) is 42.7 Å². The number of aromatic nitrogens is 2. The first kappa shape index (κ1) is 26.2. The summed E-state index contributed by atoms with van der Waals surface area (Å²) in [5.74, 6) is 3.37. The Morgan fingerprint density at radius 3 is 2.53 bits per heavy atom. The second-order valence-corrected chi connectivity index (χ2v) is 7.47. The Bertz CT molecular complexity index is 1240. The molecule has 188 valence electrons. The Hall–Kier alpha value is -4.36. The number of carbonyl (C=O) groups is 2. The van der Waals surface area contributed by atoms with Gasteiger partial charge >= 0.3 is 5.97 Å². The molecule has 1 amide bonds. The Labute approximate surface area is 209 Å². The fourth-order valence-corrected chi connectivity index (χ4v) is 3.17. The summed E-state index contributed by atoms with van der Waals surface area (Å²) in [6.07, 6.45) is 7.02. The van der Waals surface area contributed by atoms with Gasteiger partial charge < -0.3 is 29.6 Å². The van der Waals surface area contributed by atoms with E-state index in [4.69, 9.17) is 25.4 Å². The lowest BCUT2D eigenvalue weighted by molar-refractivity contribution is -0.145. The van der Waals surface area contributed by atoms with Crippen molar-refractivity contribution in [3.63, 3.8) is 0 Å². The van der Waals surface area contributed by atoms with Gasteiger partial charge in [-0.05, 0) is 24.3 Å². The van der Waals surface area contributed by atoms with Crippen LogP contribution in [0.1, 0.15) is 18.4 Å². The number of fused-ring (bicyclic) bond motifs is 1. The van der Waals surface area contributed by atoms with Gasteiger partial charge in [-0.1, -0.05) is 12.0 Å². The number of rotatable bonds is 13. The van der Waals surface area contributed by atoms with E-state index in [1.165, 1.54) is 13.4 Å². The topological polar surface area (TPSA) is 121 Å². The van der Waals surface area contributed by atoms with Crippen LogP contribution in [0, 0.1) is 12.3 Å². The van der Waals surface area contributed by atoms with Crippen molar-refractivity contribution in [1.82, 2.24) is 15.3 Å². The highest BCUT2D eigenvalue weighted by atomic mass is 16.6. The van der Waals surface area contributed by atoms with Crippen LogP contribution >= 0.6 is 0 Å². The normalized spacial score (nSPS) is 10.4. The summed E-state index contributed by atoms with van der Waals surface area (Å²) in [7, 11) is 3.10. The lowest BCUT2D eigenvalue weighted by Gasteiger charge is -2.15. The van der Waals surface area contributed by atoms with E-state index >= 15 is 0 Å². The highest BCUT2D eigenvalue weighted by Gasteiger charge is 2.14. The minimum atomic E-state index is -0.477. The molecule has 3 rings (SSSR count). The first-order valence-corrected chi connectivity index (χ1v) is 11.3. The van der Waals surface area contributed by atoms with Crippen LogP contribution in [0.5, 0.6) is 11.5 Å². The van der Waals surface area contributed by atoms with E-state index in [9.17, 15) is 9.59 Å². The summed E-state index contributed by atoms with van der Waals surface area (Å²) >= 11 is 0. The number of hydrogen-bond acceptors (Lipinski definition) is 9. The molecule has 10 heteroatoms. The lowest BCUT2D eigenvalue weighted by atomic mass is 10.2. The summed E-state index contributed by atoms with van der Waals surface area (Å²) < 4.78 is 21.9. The molecule has 1 aromatic heterocycles. The van der Waals surface area contributed by atoms with Gasteiger partial charge in [0.15, 0.2) is 11.5 Å². The van der Waals surface area contributed by atoms with Gasteiger partial charge in [0.05, 0.1) is 18.5 Å². The van der Waals surface area contributed by atoms with Gasteiger partial charge in [-0.2, -0.15) is 0 Å². The molecule has 0 aliphatic rings. The maximum Gasteiger partial charge on any atom is 0.306 e. The highest BCUT2D eigenvalue weighted by Crippen LogP contribution is 2.35. The summed E-state index contributed by atoms with van der Waals surface area (Å²) in [6.45, 7) is 0.792. The molecule has 0 bridgehead atoms. The third kappa shape index (κ3) is 7.58. The Morgan fingerprint density at radius 1 is 1.00 bits per heavy atom. The number of esters is 1. The SMILES string of the molecule is C#Cc1cccc(Nc2ncnc3cc(OCCOC(=O)CCC(=O)NC)c(OCCOC)cc23)c1. The van der Waals surface area contributed by atoms with Gasteiger partial charge in [-0.25, -0.2) is 9.97 Å². The summed E-state index contributed by atoms with van der Waals surface area (Å²) in [5.41, 5.74) is 2.15. The number of ether oxygens (including phenoxy) is 4. The van der Waals surface area contributed by atoms with E-state index in [-0.39, 0.29) is 32.0 Å². The van der Waals surface area contributed by atoms with Crippen molar-refractivity contribution in [3.8, 4) is 23.8 Å². The lowest BCUT2D eigenvalue weighted by Crippen LogP contribution is -2.20. The van der Waals surface area contributed by atoms with Crippen LogP contribution < -0.4 is 20.1 Å². The van der Waals surface area contributed by atoms with Crippen molar-refractivity contribution in [2.45, 2.75) is 12.8 Å². The first-order chi connectivity index (χ1) is 17.5. The number of methoxy groups -OCH3 is 1. The van der Waals surface area contributed by atoms with Crippen LogP contribution in [0.2, 0.25) is 0 Å². The first-order valence-electron chi connectivity index (χ1n) is 11.3. The van der Waals surface area contributed by atoms with E-state index in [0.717, 1.165) is 11.3 Å². The zero-order chi connectivity index (χ0) is 25.8. The average Bonchev–Trinajstić information content (AvgIpc) is 2.90. The van der Waals surface area contributed by atoms with E-state index < -0.39 is 5.97 Å². The van der Waals surface area contributed by atoms with Gasteiger partial charge in [-0.3, -0.25) is 9.59 Å². The summed E-state index contributed by atoms with van der Waals surface area (Å²) in [4.78, 5) is 31.8. The Balaban J connectivity index is 1.75. The number of nitrogens with one attached hydrogen (secondary N) is 2. The molecule has 10 nitrogen and oxygen atoms in total. The van der Waals surface area contributed by atoms with E-state index in [0.29, 0.717) is 41.4 Å². The number of hydrogen-bond donors (Lipinski definition) is 2. The molecule has 0 spiro atoms. The smallest absolute Gasteiger partial charge is 0.306 e. The average molecular weight is 493 g/mol. The molecule has 0 radical (unpaired) electrons. The summed E-state index contributed by atoms with van der Waals surface area (Å²) in [6, 6.07) is 10.9. The van der Waals surface area contributed by atoms with E-state index in [1.807, 2.05) is 24.3 Å². The molecular weight excluding hydrogens is 464 g/mol. The van der Waals surface area contributed by atoms with Crippen molar-refractivity contribution in [2.75, 3.05) is 45.9 Å². The highest BCUT2D eigenvalue weighted by molar-refractivity contribution is 5.93. The Morgan fingerprint density at radius 2 is 1.78 bits per heavy atom. The molecule has 1 heterocycles. The van der Waals surface area contributed by atoms with Crippen LogP contribution in [0.25, 0.3) is 10.9 Å². The third-order valence-corrected chi connectivity index (χ3v) is 4.98. The second kappa shape index (κ2) is 13.5. The molecule has 0 aliphatic heterocycles. The van der Waals surface area contributed by atoms with Crippen LogP contribution in [0.4, 0.5) is 11.5 Å². The Kier molecular flexibility index (Phi) is 9.85. The number of benzene rings is 2. The number of amides is 1. The molecule has 3 aromatic rings. The standard InChI is InChI=1S/C26H28N4O6/c1-4-18-6-5-7-19(14-18)30-26-20-15-22(34-11-10-33-3)23(16-21(20)28-17-29-26)35-12-13-36-25(32)9-8-24(31)27-2/h1,5-7,14-17H,8-13H2,2-3H3,(H,27,31)(H,28,29,30). The van der Waals surface area contributed by atoms with Crippen molar-refractivity contribution in [3.05, 3.63) is 48.3 Å². The molecule has 0 fully saturated rings. The number of nitrogens with zero attached hydrogens (tertiary/aromatic N) is 2. The van der Waals surface area contributed by atoms with E-state index in [2.05, 4.69) is 26.5 Å². The van der Waals surface area contributed by atoms with Gasteiger partial charge in [0.2, 0.25) is 5.91 Å². The van der Waals surface area contributed by atoms with Crippen LogP contribution in [-0.2, 0) is 19.1 Å². The van der Waals surface area contributed by atoms with Crippen LogP contribution in [-0.4, -0.2) is 62.4 Å². The molecule has 0 unspecified atom stereocenters. The number of carbonyl (C=O) groups excluding carboxylic acids is 2. The van der Waals surface area contributed by atoms with Gasteiger partial charge in [-0.15, -0.1) is 6.42 Å². The van der Waals surface area contributed by atoms with Gasteiger partial charge in [0.25, 0.3) is 0 Å². The maximum atomic E-state index is 11.8. The number of anilines is 2. The molecule has 0 saturated heterocycles. The van der Waals surface area contributed by atoms with E-state index in [1.54, 1.807) is 19.2 Å². The van der Waals surface area contributed by atoms with Gasteiger partial charge in [0.1, 0.15) is 32.0 Å². The molecular formula is C26H28N4O6. The number of terminal acetylenes is 1. The molecule has 36 heavy (non-hydrogen) atoms. The minimum absolute atomic E-state index is 0.00201. The van der Waals surface area contributed by atoms with Crippen molar-refractivity contribution in [2.24, 2.45) is 0 Å². The molecule has 0 aliphatic carbocycles. The second-order valence-electron chi connectivity index (χ2n) is 7.47. The fraction of sp³-hybridized carbons (Fsp3) is 0.308. The van der Waals surface area contributed by atoms with Crippen molar-refractivity contribution >= 4 is 34.3 Å². The molecule has 2 aromatic carbocycles. The molecule has 0 atom stereocenters. The molecule has 0 saturated carbocycles. The zero-order valence-corrected chi connectivity index (χ0v) is 20.2. The fourth-order valence-electron chi connectivity index (χ4n) is 3.17. The molecule has 2 N–H and O–H groups in total. The van der Waals surface area contributed by atoms with Gasteiger partial charge in [0, 0.05) is 43.3 Å². The third-order valence-electron chi connectivity index (χ3n) is 4.98. The monoisotopic (exact) mass is 492 g/mol. The quantitative estimate of drug-likeness (QED) is 0.211. The maximum absolute atomic E-state index is 11.8. The predicted molar refractivity (Wildman–Crippen MR) is 134 cm³/mol.